The molecule has 1 aliphatic rings. The summed E-state index contributed by atoms with van der Waals surface area (Å²) in [7, 11) is 0. The van der Waals surface area contributed by atoms with Crippen molar-refractivity contribution >= 4 is 17.6 Å². The number of nitrogens with zero attached hydrogens (tertiary/aromatic N) is 1. The molecule has 0 spiro atoms. The zero-order valence-corrected chi connectivity index (χ0v) is 15.3. The number of fused-ring (bicyclic) bond motifs is 1. The van der Waals surface area contributed by atoms with Crippen molar-refractivity contribution in [3.63, 3.8) is 0 Å². The zero-order valence-electron chi connectivity index (χ0n) is 14.3. The minimum absolute atomic E-state index is 0. The van der Waals surface area contributed by atoms with Crippen LogP contribution in [0.25, 0.3) is 0 Å². The van der Waals surface area contributed by atoms with Crippen LogP contribution in [0.15, 0.2) is 48.5 Å². The number of carboxylic acid groups (broad SMARTS) is 1. The largest absolute Gasteiger partial charge is 1.00 e. The minimum atomic E-state index is -0.820. The second-order valence-electron chi connectivity index (χ2n) is 5.44. The molecule has 1 heterocycles. The van der Waals surface area contributed by atoms with Crippen molar-refractivity contribution in [3.05, 3.63) is 65.2 Å². The number of hydrogen-bond acceptors (Lipinski definition) is 2. The van der Waals surface area contributed by atoms with Gasteiger partial charge in [0.1, 0.15) is 0 Å². The molecule has 2 aromatic rings. The fourth-order valence-electron chi connectivity index (χ4n) is 2.90. The van der Waals surface area contributed by atoms with E-state index in [1.165, 1.54) is 0 Å². The van der Waals surface area contributed by atoms with E-state index in [9.17, 15) is 14.7 Å². The molecule has 23 heavy (non-hydrogen) atoms. The first-order valence-corrected chi connectivity index (χ1v) is 7.34. The molecule has 4 nitrogen and oxygen atoms in total. The molecule has 1 aliphatic heterocycles. The Labute approximate surface area is 158 Å². The van der Waals surface area contributed by atoms with E-state index < -0.39 is 11.9 Å². The molecule has 1 N–H and O–H groups in total. The van der Waals surface area contributed by atoms with Crippen LogP contribution in [-0.2, 0) is 11.3 Å². The molecule has 0 saturated carbocycles. The topological polar surface area (TPSA) is 57.6 Å². The fourth-order valence-corrected chi connectivity index (χ4v) is 2.90. The van der Waals surface area contributed by atoms with Crippen molar-refractivity contribution in [1.29, 1.82) is 0 Å². The van der Waals surface area contributed by atoms with E-state index in [0.29, 0.717) is 13.0 Å². The summed E-state index contributed by atoms with van der Waals surface area (Å²) in [6.45, 7) is 2.41. The third-order valence-corrected chi connectivity index (χ3v) is 4.13. The Hall–Kier alpha value is -1.62. The van der Waals surface area contributed by atoms with Crippen LogP contribution in [0.4, 0.5) is 5.69 Å². The van der Waals surface area contributed by atoms with Gasteiger partial charge >= 0.3 is 35.5 Å². The summed E-state index contributed by atoms with van der Waals surface area (Å²) in [5.41, 5.74) is 3.32. The van der Waals surface area contributed by atoms with Gasteiger partial charge in [-0.15, -0.1) is 0 Å². The van der Waals surface area contributed by atoms with Gasteiger partial charge in [-0.05, 0) is 35.7 Å². The van der Waals surface area contributed by atoms with Gasteiger partial charge in [0.2, 0.25) is 0 Å². The Balaban J connectivity index is 0.00000144. The van der Waals surface area contributed by atoms with E-state index in [1.807, 2.05) is 43.3 Å². The van der Waals surface area contributed by atoms with Crippen molar-refractivity contribution in [2.45, 2.75) is 25.8 Å². The number of carbonyl (C=O) groups excluding carboxylic acids is 1. The number of carbonyl (C=O) groups is 2. The first-order valence-electron chi connectivity index (χ1n) is 7.34. The van der Waals surface area contributed by atoms with Crippen LogP contribution >= 0.6 is 0 Å². The number of amides is 1. The maximum atomic E-state index is 12.4. The Morgan fingerprint density at radius 3 is 2.43 bits per heavy atom. The van der Waals surface area contributed by atoms with Gasteiger partial charge in [0, 0.05) is 11.3 Å². The minimum Gasteiger partial charge on any atom is -1.00 e. The van der Waals surface area contributed by atoms with E-state index in [4.69, 9.17) is 0 Å². The Morgan fingerprint density at radius 1 is 1.22 bits per heavy atom. The van der Waals surface area contributed by atoms with Crippen molar-refractivity contribution < 1.29 is 45.7 Å². The van der Waals surface area contributed by atoms with Crippen LogP contribution in [0.5, 0.6) is 0 Å². The number of benzene rings is 2. The maximum absolute atomic E-state index is 12.4. The molecule has 0 fully saturated rings. The molecule has 1 atom stereocenters. The van der Waals surface area contributed by atoms with Crippen LogP contribution in [0.2, 0.25) is 0 Å². The molecule has 2 aromatic carbocycles. The van der Waals surface area contributed by atoms with Crippen LogP contribution in [0, 0.1) is 0 Å². The van der Waals surface area contributed by atoms with E-state index in [2.05, 4.69) is 0 Å². The normalized spacial score (nSPS) is 14.1. The van der Waals surface area contributed by atoms with Gasteiger partial charge in [0.05, 0.1) is 12.5 Å². The van der Waals surface area contributed by atoms with E-state index in [-0.39, 0.29) is 36.9 Å². The monoisotopic (exact) mass is 319 g/mol. The third kappa shape index (κ3) is 3.34. The van der Waals surface area contributed by atoms with Crippen LogP contribution in [0.3, 0.4) is 0 Å². The number of rotatable bonds is 4. The summed E-state index contributed by atoms with van der Waals surface area (Å²) in [6.07, 6.45) is 0.544. The van der Waals surface area contributed by atoms with E-state index >= 15 is 0 Å². The molecule has 114 valence electrons. The third-order valence-electron chi connectivity index (χ3n) is 4.13. The quantitative estimate of drug-likeness (QED) is 0.837. The molecule has 1 amide bonds. The van der Waals surface area contributed by atoms with Crippen molar-refractivity contribution in [2.24, 2.45) is 0 Å². The SMILES string of the molecule is CCC(C(=O)O)c1ccc(N2Cc3ccccc3C2=O)cc1.[H-].[Na+]. The second-order valence-corrected chi connectivity index (χ2v) is 5.44. The molecule has 0 aliphatic carbocycles. The van der Waals surface area contributed by atoms with Gasteiger partial charge in [-0.25, -0.2) is 0 Å². The predicted molar refractivity (Wildman–Crippen MR) is 85.2 cm³/mol. The van der Waals surface area contributed by atoms with Crippen LogP contribution < -0.4 is 34.5 Å². The second kappa shape index (κ2) is 7.30. The summed E-state index contributed by atoms with van der Waals surface area (Å²) < 4.78 is 0. The smallest absolute Gasteiger partial charge is 1.00 e. The Morgan fingerprint density at radius 2 is 1.87 bits per heavy atom. The number of aliphatic carboxylic acids is 1. The standard InChI is InChI=1S/C18H17NO3.Na.H/c1-2-15(18(21)22)12-7-9-14(10-8-12)19-11-13-5-3-4-6-16(13)17(19)20;;/h3-10,15H,2,11H2,1H3,(H,21,22);;/q;+1;-1. The van der Waals surface area contributed by atoms with Crippen molar-refractivity contribution in [2.75, 3.05) is 4.90 Å². The summed E-state index contributed by atoms with van der Waals surface area (Å²) in [6, 6.07) is 14.8. The van der Waals surface area contributed by atoms with Crippen molar-refractivity contribution in [3.8, 4) is 0 Å². The fraction of sp³-hybridized carbons (Fsp3) is 0.222. The summed E-state index contributed by atoms with van der Waals surface area (Å²) in [5, 5.41) is 9.20. The molecule has 3 rings (SSSR count). The van der Waals surface area contributed by atoms with Gasteiger partial charge in [0.15, 0.2) is 0 Å². The molecule has 0 radical (unpaired) electrons. The van der Waals surface area contributed by atoms with Gasteiger partial charge in [-0.1, -0.05) is 37.3 Å². The molecule has 0 aromatic heterocycles. The number of anilines is 1. The predicted octanol–water partition coefficient (Wildman–Crippen LogP) is 0.542. The van der Waals surface area contributed by atoms with E-state index in [0.717, 1.165) is 22.4 Å². The number of carboxylic acids is 1. The van der Waals surface area contributed by atoms with Crippen LogP contribution in [0.1, 0.15) is 42.2 Å². The van der Waals surface area contributed by atoms with Crippen molar-refractivity contribution in [1.82, 2.24) is 0 Å². The number of hydrogen-bond donors (Lipinski definition) is 1. The first kappa shape index (κ1) is 17.7. The zero-order chi connectivity index (χ0) is 15.7. The Kier molecular flexibility index (Phi) is 5.63. The summed E-state index contributed by atoms with van der Waals surface area (Å²) in [4.78, 5) is 25.3. The van der Waals surface area contributed by atoms with Gasteiger partial charge in [-0.2, -0.15) is 0 Å². The van der Waals surface area contributed by atoms with Gasteiger partial charge < -0.3 is 11.4 Å². The molecular formula is C18H18NNaO3. The first-order chi connectivity index (χ1) is 10.6. The average molecular weight is 319 g/mol. The van der Waals surface area contributed by atoms with Gasteiger partial charge in [0.25, 0.3) is 5.91 Å². The maximum Gasteiger partial charge on any atom is 1.00 e. The average Bonchev–Trinajstić information content (AvgIpc) is 2.86. The Bertz CT molecular complexity index is 733. The summed E-state index contributed by atoms with van der Waals surface area (Å²) >= 11 is 0. The van der Waals surface area contributed by atoms with Crippen LogP contribution in [-0.4, -0.2) is 17.0 Å². The summed E-state index contributed by atoms with van der Waals surface area (Å²) in [5.74, 6) is -1.32. The molecule has 1 unspecified atom stereocenters. The van der Waals surface area contributed by atoms with E-state index in [1.54, 1.807) is 17.0 Å². The van der Waals surface area contributed by atoms with Gasteiger partial charge in [-0.3, -0.25) is 9.59 Å². The molecular weight excluding hydrogens is 301 g/mol. The molecule has 0 bridgehead atoms. The molecule has 0 saturated heterocycles. The molecule has 5 heteroatoms.